The van der Waals surface area contributed by atoms with Crippen molar-refractivity contribution in [3.05, 3.63) is 30.1 Å². The third kappa shape index (κ3) is 2.83. The van der Waals surface area contributed by atoms with Crippen molar-refractivity contribution in [1.29, 1.82) is 0 Å². The minimum Gasteiger partial charge on any atom is -0.346 e. The molecular formula is C20H27N3O. The molecule has 0 spiro atoms. The van der Waals surface area contributed by atoms with Gasteiger partial charge in [-0.3, -0.25) is 4.79 Å². The van der Waals surface area contributed by atoms with Gasteiger partial charge in [0.25, 0.3) is 0 Å². The average Bonchev–Trinajstić information content (AvgIpc) is 3.05. The van der Waals surface area contributed by atoms with E-state index in [1.807, 2.05) is 12.3 Å². The van der Waals surface area contributed by atoms with E-state index in [1.54, 1.807) is 6.20 Å². The van der Waals surface area contributed by atoms with E-state index in [-0.39, 0.29) is 5.92 Å². The molecule has 4 heteroatoms. The first-order valence-corrected chi connectivity index (χ1v) is 9.45. The number of nitrogens with one attached hydrogen (secondary N) is 1. The zero-order valence-corrected chi connectivity index (χ0v) is 14.5. The lowest BCUT2D eigenvalue weighted by molar-refractivity contribution is -0.137. The molecule has 0 bridgehead atoms. The number of aromatic nitrogens is 2. The van der Waals surface area contributed by atoms with Crippen molar-refractivity contribution in [3.8, 4) is 0 Å². The van der Waals surface area contributed by atoms with Crippen LogP contribution in [-0.4, -0.2) is 33.4 Å². The van der Waals surface area contributed by atoms with Crippen molar-refractivity contribution < 1.29 is 4.79 Å². The van der Waals surface area contributed by atoms with E-state index in [2.05, 4.69) is 27.9 Å². The molecule has 3 unspecified atom stereocenters. The summed E-state index contributed by atoms with van der Waals surface area (Å²) in [5.74, 6) is 1.32. The van der Waals surface area contributed by atoms with Crippen LogP contribution in [0.15, 0.2) is 24.5 Å². The second kappa shape index (κ2) is 6.58. The fourth-order valence-electron chi connectivity index (χ4n) is 4.81. The zero-order chi connectivity index (χ0) is 16.5. The third-order valence-electron chi connectivity index (χ3n) is 6.06. The van der Waals surface area contributed by atoms with Crippen molar-refractivity contribution in [2.24, 2.45) is 5.92 Å². The van der Waals surface area contributed by atoms with Crippen molar-refractivity contribution in [3.63, 3.8) is 0 Å². The predicted molar refractivity (Wildman–Crippen MR) is 95.8 cm³/mol. The number of hydrogen-bond acceptors (Lipinski definition) is 2. The Morgan fingerprint density at radius 1 is 1.33 bits per heavy atom. The summed E-state index contributed by atoms with van der Waals surface area (Å²) in [6, 6.07) is 4.57. The summed E-state index contributed by atoms with van der Waals surface area (Å²) in [6.45, 7) is 3.12. The van der Waals surface area contributed by atoms with Gasteiger partial charge in [0.15, 0.2) is 0 Å². The predicted octanol–water partition coefficient (Wildman–Crippen LogP) is 4.24. The molecule has 2 aromatic heterocycles. The summed E-state index contributed by atoms with van der Waals surface area (Å²) >= 11 is 0. The van der Waals surface area contributed by atoms with Crippen LogP contribution in [0.3, 0.4) is 0 Å². The van der Waals surface area contributed by atoms with Crippen LogP contribution in [0.1, 0.15) is 63.4 Å². The summed E-state index contributed by atoms with van der Waals surface area (Å²) in [5.41, 5.74) is 2.13. The van der Waals surface area contributed by atoms with Gasteiger partial charge in [-0.15, -0.1) is 0 Å². The van der Waals surface area contributed by atoms with Crippen LogP contribution in [0.25, 0.3) is 11.0 Å². The number of nitrogens with zero attached hydrogens (tertiary/aromatic N) is 2. The van der Waals surface area contributed by atoms with Crippen LogP contribution in [-0.2, 0) is 4.79 Å². The Balaban J connectivity index is 1.48. The van der Waals surface area contributed by atoms with E-state index in [1.165, 1.54) is 44.1 Å². The van der Waals surface area contributed by atoms with Gasteiger partial charge in [0.05, 0.1) is 0 Å². The Morgan fingerprint density at radius 2 is 2.17 bits per heavy atom. The maximum absolute atomic E-state index is 13.0. The van der Waals surface area contributed by atoms with Gasteiger partial charge in [0.2, 0.25) is 5.91 Å². The number of aromatic amines is 1. The number of hydrogen-bond donors (Lipinski definition) is 1. The first kappa shape index (κ1) is 15.7. The van der Waals surface area contributed by atoms with Crippen LogP contribution in [0.5, 0.6) is 0 Å². The fourth-order valence-corrected chi connectivity index (χ4v) is 4.81. The minimum absolute atomic E-state index is 0.222. The molecule has 1 saturated heterocycles. The molecule has 0 radical (unpaired) electrons. The van der Waals surface area contributed by atoms with Gasteiger partial charge in [-0.25, -0.2) is 4.98 Å². The average molecular weight is 325 g/mol. The Hall–Kier alpha value is -1.84. The van der Waals surface area contributed by atoms with Crippen molar-refractivity contribution >= 4 is 16.9 Å². The molecule has 4 rings (SSSR count). The highest BCUT2D eigenvalue weighted by molar-refractivity contribution is 5.82. The number of carbonyl (C=O) groups is 1. The lowest BCUT2D eigenvalue weighted by atomic mass is 9.78. The van der Waals surface area contributed by atoms with Gasteiger partial charge in [-0.05, 0) is 55.2 Å². The monoisotopic (exact) mass is 325 g/mol. The van der Waals surface area contributed by atoms with E-state index in [4.69, 9.17) is 0 Å². The van der Waals surface area contributed by atoms with Gasteiger partial charge in [0.1, 0.15) is 5.65 Å². The largest absolute Gasteiger partial charge is 0.346 e. The SMILES string of the molecule is CC(CC(=O)N1CCCC2CCCCC21)c1c[nH]c2ncccc12. The first-order valence-electron chi connectivity index (χ1n) is 9.45. The quantitative estimate of drug-likeness (QED) is 0.917. The molecule has 0 aromatic carbocycles. The van der Waals surface area contributed by atoms with Crippen LogP contribution < -0.4 is 0 Å². The maximum Gasteiger partial charge on any atom is 0.223 e. The summed E-state index contributed by atoms with van der Waals surface area (Å²) in [7, 11) is 0. The number of H-pyrrole nitrogens is 1. The number of rotatable bonds is 3. The second-order valence-electron chi connectivity index (χ2n) is 7.59. The first-order chi connectivity index (χ1) is 11.7. The van der Waals surface area contributed by atoms with Gasteiger partial charge in [0, 0.05) is 36.8 Å². The molecule has 1 aliphatic carbocycles. The lowest BCUT2D eigenvalue weighted by Gasteiger charge is -2.44. The van der Waals surface area contributed by atoms with E-state index in [0.717, 1.165) is 23.5 Å². The van der Waals surface area contributed by atoms with Crippen LogP contribution >= 0.6 is 0 Å². The molecule has 3 heterocycles. The topological polar surface area (TPSA) is 49.0 Å². The summed E-state index contributed by atoms with van der Waals surface area (Å²) in [4.78, 5) is 22.8. The van der Waals surface area contributed by atoms with Gasteiger partial charge in [-0.1, -0.05) is 19.8 Å². The molecular weight excluding hydrogens is 298 g/mol. The maximum atomic E-state index is 13.0. The standard InChI is InChI=1S/C20H27N3O/c1-14(17-13-22-20-16(17)8-4-10-21-20)12-19(24)23-11-5-7-15-6-2-3-9-18(15)23/h4,8,10,13-15,18H,2-3,5-7,9,11-12H2,1H3,(H,21,22). The molecule has 1 N–H and O–H groups in total. The van der Waals surface area contributed by atoms with E-state index >= 15 is 0 Å². The van der Waals surface area contributed by atoms with Crippen LogP contribution in [0.2, 0.25) is 0 Å². The Morgan fingerprint density at radius 3 is 3.08 bits per heavy atom. The molecule has 24 heavy (non-hydrogen) atoms. The zero-order valence-electron chi connectivity index (χ0n) is 14.5. The Bertz CT molecular complexity index is 720. The second-order valence-corrected chi connectivity index (χ2v) is 7.59. The molecule has 1 aliphatic heterocycles. The number of likely N-dealkylation sites (tertiary alicyclic amines) is 1. The molecule has 1 amide bonds. The smallest absolute Gasteiger partial charge is 0.223 e. The molecule has 2 aromatic rings. The van der Waals surface area contributed by atoms with E-state index in [9.17, 15) is 4.79 Å². The number of piperidine rings is 1. The normalized spacial score (nSPS) is 25.5. The highest BCUT2D eigenvalue weighted by atomic mass is 16.2. The summed E-state index contributed by atoms with van der Waals surface area (Å²) in [6.07, 6.45) is 12.1. The highest BCUT2D eigenvalue weighted by Gasteiger charge is 2.35. The third-order valence-corrected chi connectivity index (χ3v) is 6.06. The van der Waals surface area contributed by atoms with Crippen LogP contribution in [0.4, 0.5) is 0 Å². The summed E-state index contributed by atoms with van der Waals surface area (Å²) in [5, 5.41) is 1.15. The lowest BCUT2D eigenvalue weighted by Crippen LogP contribution is -2.49. The molecule has 1 saturated carbocycles. The highest BCUT2D eigenvalue weighted by Crippen LogP contribution is 2.36. The van der Waals surface area contributed by atoms with Crippen molar-refractivity contribution in [2.75, 3.05) is 6.54 Å². The Kier molecular flexibility index (Phi) is 4.30. The van der Waals surface area contributed by atoms with Crippen molar-refractivity contribution in [1.82, 2.24) is 14.9 Å². The molecule has 128 valence electrons. The Labute approximate surface area is 143 Å². The van der Waals surface area contributed by atoms with Gasteiger partial charge < -0.3 is 9.88 Å². The molecule has 2 fully saturated rings. The van der Waals surface area contributed by atoms with Gasteiger partial charge >= 0.3 is 0 Å². The van der Waals surface area contributed by atoms with E-state index in [0.29, 0.717) is 18.4 Å². The molecule has 4 nitrogen and oxygen atoms in total. The summed E-state index contributed by atoms with van der Waals surface area (Å²) < 4.78 is 0. The molecule has 3 atom stereocenters. The minimum atomic E-state index is 0.222. The van der Waals surface area contributed by atoms with Gasteiger partial charge in [-0.2, -0.15) is 0 Å². The number of carbonyl (C=O) groups excluding carboxylic acids is 1. The fraction of sp³-hybridized carbons (Fsp3) is 0.600. The molecule has 2 aliphatic rings. The van der Waals surface area contributed by atoms with Crippen LogP contribution in [0, 0.1) is 5.92 Å². The number of amides is 1. The number of pyridine rings is 1. The van der Waals surface area contributed by atoms with Crippen molar-refractivity contribution in [2.45, 2.75) is 63.8 Å². The number of fused-ring (bicyclic) bond motifs is 2. The van der Waals surface area contributed by atoms with E-state index < -0.39 is 0 Å².